The van der Waals surface area contributed by atoms with Gasteiger partial charge in [-0.1, -0.05) is 19.1 Å². The van der Waals surface area contributed by atoms with Crippen molar-refractivity contribution in [2.75, 3.05) is 0 Å². The lowest BCUT2D eigenvalue weighted by atomic mass is 10.2. The van der Waals surface area contributed by atoms with E-state index in [2.05, 4.69) is 6.07 Å². The first-order chi connectivity index (χ1) is 4.33. The molecule has 1 N–H and O–H groups in total. The highest BCUT2D eigenvalue weighted by molar-refractivity contribution is 5.24. The van der Waals surface area contributed by atoms with Gasteiger partial charge in [-0.05, 0) is 18.1 Å². The Morgan fingerprint density at radius 3 is 2.78 bits per heavy atom. The van der Waals surface area contributed by atoms with E-state index in [4.69, 9.17) is 5.11 Å². The Balaban J connectivity index is 2.94. The van der Waals surface area contributed by atoms with Gasteiger partial charge >= 0.3 is 0 Å². The predicted molar refractivity (Wildman–Crippen MR) is 36.3 cm³/mol. The van der Waals surface area contributed by atoms with E-state index in [1.54, 1.807) is 6.07 Å². The van der Waals surface area contributed by atoms with Gasteiger partial charge in [-0.25, -0.2) is 0 Å². The molecule has 0 unspecified atom stereocenters. The molecule has 0 bridgehead atoms. The second kappa shape index (κ2) is 2.53. The minimum absolute atomic E-state index is 0.231. The average Bonchev–Trinajstić information content (AvgIpc) is 1.88. The maximum absolute atomic E-state index is 8.89. The molecule has 1 radical (unpaired) electrons. The van der Waals surface area contributed by atoms with Crippen LogP contribution in [0.5, 0.6) is 5.75 Å². The van der Waals surface area contributed by atoms with Crippen LogP contribution < -0.4 is 0 Å². The number of aromatic hydroxyl groups is 1. The SMILES string of the molecule is CCc1[c]c(O)ccc1. The van der Waals surface area contributed by atoms with E-state index in [0.29, 0.717) is 0 Å². The second-order valence-electron chi connectivity index (χ2n) is 1.91. The van der Waals surface area contributed by atoms with E-state index < -0.39 is 0 Å². The van der Waals surface area contributed by atoms with E-state index in [0.717, 1.165) is 12.0 Å². The van der Waals surface area contributed by atoms with Crippen molar-refractivity contribution >= 4 is 0 Å². The Hall–Kier alpha value is -0.980. The molecule has 9 heavy (non-hydrogen) atoms. The zero-order valence-electron chi connectivity index (χ0n) is 5.39. The first kappa shape index (κ1) is 6.14. The van der Waals surface area contributed by atoms with Crippen LogP contribution in [0.15, 0.2) is 18.2 Å². The fraction of sp³-hybridized carbons (Fsp3) is 0.250. The maximum Gasteiger partial charge on any atom is 0.123 e. The Morgan fingerprint density at radius 2 is 2.33 bits per heavy atom. The quantitative estimate of drug-likeness (QED) is 0.600. The number of rotatable bonds is 1. The third kappa shape index (κ3) is 1.46. The van der Waals surface area contributed by atoms with Gasteiger partial charge in [-0.3, -0.25) is 0 Å². The highest BCUT2D eigenvalue weighted by atomic mass is 16.3. The van der Waals surface area contributed by atoms with Crippen LogP contribution >= 0.6 is 0 Å². The summed E-state index contributed by atoms with van der Waals surface area (Å²) >= 11 is 0. The summed E-state index contributed by atoms with van der Waals surface area (Å²) in [6.45, 7) is 2.03. The third-order valence-electron chi connectivity index (χ3n) is 1.22. The number of aryl methyl sites for hydroxylation is 1. The second-order valence-corrected chi connectivity index (χ2v) is 1.91. The molecule has 1 rings (SSSR count). The molecule has 0 spiro atoms. The van der Waals surface area contributed by atoms with E-state index in [1.165, 1.54) is 0 Å². The smallest absolute Gasteiger partial charge is 0.123 e. The lowest BCUT2D eigenvalue weighted by Crippen LogP contribution is -1.76. The molecule has 1 aromatic carbocycles. The van der Waals surface area contributed by atoms with Crippen molar-refractivity contribution in [3.63, 3.8) is 0 Å². The van der Waals surface area contributed by atoms with Gasteiger partial charge in [0.1, 0.15) is 5.75 Å². The summed E-state index contributed by atoms with van der Waals surface area (Å²) in [5.74, 6) is 0.231. The maximum atomic E-state index is 8.89. The van der Waals surface area contributed by atoms with Crippen LogP contribution in [0, 0.1) is 6.07 Å². The van der Waals surface area contributed by atoms with Crippen LogP contribution in [0.2, 0.25) is 0 Å². The van der Waals surface area contributed by atoms with Crippen molar-refractivity contribution in [2.45, 2.75) is 13.3 Å². The lowest BCUT2D eigenvalue weighted by Gasteiger charge is -1.93. The molecule has 0 aromatic heterocycles. The largest absolute Gasteiger partial charge is 0.507 e. The number of benzene rings is 1. The van der Waals surface area contributed by atoms with Gasteiger partial charge in [0.05, 0.1) is 0 Å². The number of phenolic OH excluding ortho intramolecular Hbond substituents is 1. The third-order valence-corrected chi connectivity index (χ3v) is 1.22. The average molecular weight is 121 g/mol. The van der Waals surface area contributed by atoms with Gasteiger partial charge in [0.15, 0.2) is 0 Å². The van der Waals surface area contributed by atoms with E-state index in [9.17, 15) is 0 Å². The molecule has 0 aliphatic heterocycles. The Morgan fingerprint density at radius 1 is 1.56 bits per heavy atom. The van der Waals surface area contributed by atoms with E-state index in [-0.39, 0.29) is 5.75 Å². The molecule has 0 saturated carbocycles. The lowest BCUT2D eigenvalue weighted by molar-refractivity contribution is 0.473. The molecule has 0 heterocycles. The highest BCUT2D eigenvalue weighted by Gasteiger charge is 1.88. The molecule has 0 aliphatic rings. The summed E-state index contributed by atoms with van der Waals surface area (Å²) in [5.41, 5.74) is 1.05. The van der Waals surface area contributed by atoms with Crippen LogP contribution in [-0.2, 0) is 6.42 Å². The van der Waals surface area contributed by atoms with Gasteiger partial charge in [-0.15, -0.1) is 0 Å². The van der Waals surface area contributed by atoms with Crippen LogP contribution in [0.4, 0.5) is 0 Å². The molecule has 0 saturated heterocycles. The van der Waals surface area contributed by atoms with E-state index >= 15 is 0 Å². The Labute approximate surface area is 55.0 Å². The molecule has 1 nitrogen and oxygen atoms in total. The molecule has 1 heteroatoms. The van der Waals surface area contributed by atoms with Gasteiger partial charge in [-0.2, -0.15) is 0 Å². The van der Waals surface area contributed by atoms with Crippen molar-refractivity contribution in [2.24, 2.45) is 0 Å². The van der Waals surface area contributed by atoms with Crippen molar-refractivity contribution in [1.29, 1.82) is 0 Å². The standard InChI is InChI=1S/C8H9O/c1-2-7-4-3-5-8(9)6-7/h3-5,9H,2H2,1H3. The van der Waals surface area contributed by atoms with Crippen LogP contribution in [0.1, 0.15) is 12.5 Å². The zero-order chi connectivity index (χ0) is 6.69. The fourth-order valence-corrected chi connectivity index (χ4v) is 0.709. The summed E-state index contributed by atoms with van der Waals surface area (Å²) < 4.78 is 0. The summed E-state index contributed by atoms with van der Waals surface area (Å²) in [4.78, 5) is 0. The molecule has 0 atom stereocenters. The molecular weight excluding hydrogens is 112 g/mol. The zero-order valence-corrected chi connectivity index (χ0v) is 5.39. The van der Waals surface area contributed by atoms with Gasteiger partial charge in [0.2, 0.25) is 0 Å². The van der Waals surface area contributed by atoms with Crippen molar-refractivity contribution in [3.05, 3.63) is 29.8 Å². The molecule has 0 fully saturated rings. The van der Waals surface area contributed by atoms with Crippen LogP contribution in [0.25, 0.3) is 0 Å². The Kier molecular flexibility index (Phi) is 1.73. The summed E-state index contributed by atoms with van der Waals surface area (Å²) in [6, 6.07) is 8.20. The molecule has 1 aromatic rings. The minimum atomic E-state index is 0.231. The normalized spacial score (nSPS) is 9.44. The van der Waals surface area contributed by atoms with Crippen molar-refractivity contribution in [3.8, 4) is 5.75 Å². The van der Waals surface area contributed by atoms with Crippen LogP contribution in [0.3, 0.4) is 0 Å². The topological polar surface area (TPSA) is 20.2 Å². The number of hydrogen-bond donors (Lipinski definition) is 1. The van der Waals surface area contributed by atoms with Gasteiger partial charge in [0, 0.05) is 6.07 Å². The minimum Gasteiger partial charge on any atom is -0.507 e. The van der Waals surface area contributed by atoms with Crippen molar-refractivity contribution in [1.82, 2.24) is 0 Å². The fourth-order valence-electron chi connectivity index (χ4n) is 0.709. The molecule has 0 aliphatic carbocycles. The van der Waals surface area contributed by atoms with Gasteiger partial charge in [0.25, 0.3) is 0 Å². The Bertz CT molecular complexity index is 194. The van der Waals surface area contributed by atoms with E-state index in [1.807, 2.05) is 19.1 Å². The summed E-state index contributed by atoms with van der Waals surface area (Å²) in [5, 5.41) is 8.89. The van der Waals surface area contributed by atoms with Gasteiger partial charge < -0.3 is 5.11 Å². The molecular formula is C8H9O. The molecule has 0 amide bonds. The summed E-state index contributed by atoms with van der Waals surface area (Å²) in [7, 11) is 0. The first-order valence-corrected chi connectivity index (χ1v) is 3.03. The first-order valence-electron chi connectivity index (χ1n) is 3.03. The summed E-state index contributed by atoms with van der Waals surface area (Å²) in [6.07, 6.45) is 0.925. The monoisotopic (exact) mass is 121 g/mol. The van der Waals surface area contributed by atoms with Crippen molar-refractivity contribution < 1.29 is 5.11 Å². The number of hydrogen-bond acceptors (Lipinski definition) is 1. The number of phenols is 1. The van der Waals surface area contributed by atoms with Crippen LogP contribution in [-0.4, -0.2) is 5.11 Å². The predicted octanol–water partition coefficient (Wildman–Crippen LogP) is 1.75. The molecule has 47 valence electrons. The highest BCUT2D eigenvalue weighted by Crippen LogP contribution is 2.09.